The van der Waals surface area contributed by atoms with Crippen molar-refractivity contribution in [2.24, 2.45) is 0 Å². The molecular formula is C34H41N3O5. The molecule has 1 aromatic heterocycles. The number of amides is 1. The summed E-state index contributed by atoms with van der Waals surface area (Å²) in [6, 6.07) is 25.0. The number of aromatic amines is 1. The number of hydrogen-bond acceptors (Lipinski definition) is 5. The molecule has 0 aliphatic carbocycles. The summed E-state index contributed by atoms with van der Waals surface area (Å²) < 4.78 is 11.8. The Hall–Kier alpha value is -4.30. The van der Waals surface area contributed by atoms with Gasteiger partial charge in [0.25, 0.3) is 0 Å². The van der Waals surface area contributed by atoms with Crippen LogP contribution < -0.4 is 10.1 Å². The number of carbonyl (C=O) groups excluding carboxylic acids is 1. The quantitative estimate of drug-likeness (QED) is 0.165. The van der Waals surface area contributed by atoms with Gasteiger partial charge in [0.15, 0.2) is 0 Å². The summed E-state index contributed by atoms with van der Waals surface area (Å²) in [5, 5.41) is 14.1. The molecule has 8 heteroatoms. The molecule has 3 N–H and O–H groups in total. The highest BCUT2D eigenvalue weighted by Gasteiger charge is 2.27. The Kier molecular flexibility index (Phi) is 10.3. The Labute approximate surface area is 247 Å². The number of rotatable bonds is 13. The van der Waals surface area contributed by atoms with E-state index in [4.69, 9.17) is 9.47 Å². The first-order valence-corrected chi connectivity index (χ1v) is 14.4. The number of nitrogens with zero attached hydrogens (tertiary/aromatic N) is 1. The summed E-state index contributed by atoms with van der Waals surface area (Å²) in [7, 11) is 0. The van der Waals surface area contributed by atoms with E-state index in [-0.39, 0.29) is 18.5 Å². The molecule has 0 saturated heterocycles. The van der Waals surface area contributed by atoms with Gasteiger partial charge in [0.2, 0.25) is 0 Å². The molecule has 0 spiro atoms. The molecule has 42 heavy (non-hydrogen) atoms. The Bertz CT molecular complexity index is 1460. The second kappa shape index (κ2) is 14.0. The summed E-state index contributed by atoms with van der Waals surface area (Å²) in [5.74, 6) is -0.164. The number of carboxylic acid groups (broad SMARTS) is 1. The minimum absolute atomic E-state index is 0.0394. The van der Waals surface area contributed by atoms with E-state index in [1.165, 1.54) is 0 Å². The number of fused-ring (bicyclic) bond motifs is 1. The lowest BCUT2D eigenvalue weighted by Crippen LogP contribution is -2.44. The molecule has 0 aliphatic heterocycles. The molecule has 1 amide bonds. The summed E-state index contributed by atoms with van der Waals surface area (Å²) in [6.45, 7) is 8.65. The molecule has 0 radical (unpaired) electrons. The maximum absolute atomic E-state index is 13.4. The highest BCUT2D eigenvalue weighted by atomic mass is 16.6. The highest BCUT2D eigenvalue weighted by molar-refractivity contribution is 5.83. The van der Waals surface area contributed by atoms with E-state index in [0.29, 0.717) is 31.9 Å². The molecule has 1 heterocycles. The van der Waals surface area contributed by atoms with Crippen LogP contribution in [0.3, 0.4) is 0 Å². The number of aromatic nitrogens is 1. The van der Waals surface area contributed by atoms with Crippen molar-refractivity contribution >= 4 is 23.0 Å². The number of benzene rings is 3. The van der Waals surface area contributed by atoms with Gasteiger partial charge in [0.1, 0.15) is 18.0 Å². The molecule has 0 fully saturated rings. The van der Waals surface area contributed by atoms with Crippen LogP contribution in [0.25, 0.3) is 10.9 Å². The fraction of sp³-hybridized carbons (Fsp3) is 0.353. The first kappa shape index (κ1) is 30.7. The average Bonchev–Trinajstić information content (AvgIpc) is 3.36. The molecule has 4 rings (SSSR count). The second-order valence-electron chi connectivity index (χ2n) is 11.5. The maximum Gasteiger partial charge on any atom is 0.410 e. The van der Waals surface area contributed by atoms with E-state index in [0.717, 1.165) is 27.6 Å². The number of nitrogens with one attached hydrogen (secondary N) is 2. The van der Waals surface area contributed by atoms with Crippen molar-refractivity contribution in [3.8, 4) is 5.75 Å². The number of H-pyrrole nitrogens is 1. The molecule has 0 saturated carbocycles. The van der Waals surface area contributed by atoms with Gasteiger partial charge < -0.3 is 29.8 Å². The van der Waals surface area contributed by atoms with Crippen LogP contribution in [0.2, 0.25) is 0 Å². The van der Waals surface area contributed by atoms with Crippen molar-refractivity contribution in [3.63, 3.8) is 0 Å². The van der Waals surface area contributed by atoms with E-state index in [1.54, 1.807) is 4.90 Å². The van der Waals surface area contributed by atoms with Gasteiger partial charge in [-0.2, -0.15) is 0 Å². The molecule has 222 valence electrons. The van der Waals surface area contributed by atoms with Gasteiger partial charge >= 0.3 is 12.1 Å². The summed E-state index contributed by atoms with van der Waals surface area (Å²) in [5.41, 5.74) is 3.38. The van der Waals surface area contributed by atoms with Gasteiger partial charge in [0.05, 0.1) is 12.5 Å². The zero-order valence-corrected chi connectivity index (χ0v) is 24.8. The van der Waals surface area contributed by atoms with Gasteiger partial charge in [-0.25, -0.2) is 4.79 Å². The van der Waals surface area contributed by atoms with Crippen LogP contribution >= 0.6 is 0 Å². The summed E-state index contributed by atoms with van der Waals surface area (Å²) in [6.07, 6.45) is 2.00. The monoisotopic (exact) mass is 571 g/mol. The molecule has 4 aromatic rings. The molecule has 8 nitrogen and oxygen atoms in total. The van der Waals surface area contributed by atoms with Crippen molar-refractivity contribution in [1.29, 1.82) is 0 Å². The Balaban J connectivity index is 1.46. The Morgan fingerprint density at radius 3 is 2.48 bits per heavy atom. The van der Waals surface area contributed by atoms with Gasteiger partial charge in [-0.05, 0) is 69.0 Å². The molecule has 0 bridgehead atoms. The molecule has 3 aromatic carbocycles. The first-order valence-electron chi connectivity index (χ1n) is 14.4. The summed E-state index contributed by atoms with van der Waals surface area (Å²) in [4.78, 5) is 30.0. The van der Waals surface area contributed by atoms with Crippen molar-refractivity contribution in [3.05, 3.63) is 102 Å². The molecule has 0 aliphatic rings. The lowest BCUT2D eigenvalue weighted by molar-refractivity contribution is -0.137. The van der Waals surface area contributed by atoms with Gasteiger partial charge in [-0.1, -0.05) is 60.7 Å². The largest absolute Gasteiger partial charge is 0.489 e. The number of aliphatic carboxylic acids is 1. The highest BCUT2D eigenvalue weighted by Crippen LogP contribution is 2.26. The minimum Gasteiger partial charge on any atom is -0.489 e. The number of ether oxygens (including phenoxy) is 2. The minimum atomic E-state index is -0.878. The van der Waals surface area contributed by atoms with Gasteiger partial charge in [0, 0.05) is 36.2 Å². The third kappa shape index (κ3) is 8.85. The Morgan fingerprint density at radius 1 is 1.00 bits per heavy atom. The van der Waals surface area contributed by atoms with Crippen molar-refractivity contribution in [2.75, 3.05) is 13.1 Å². The number of hydrogen-bond donors (Lipinski definition) is 3. The fourth-order valence-electron chi connectivity index (χ4n) is 4.93. The predicted molar refractivity (Wildman–Crippen MR) is 165 cm³/mol. The fourth-order valence-corrected chi connectivity index (χ4v) is 4.93. The third-order valence-corrected chi connectivity index (χ3v) is 7.03. The van der Waals surface area contributed by atoms with Crippen LogP contribution in [-0.4, -0.2) is 51.8 Å². The van der Waals surface area contributed by atoms with E-state index in [2.05, 4.69) is 10.3 Å². The normalized spacial score (nSPS) is 13.0. The van der Waals surface area contributed by atoms with Crippen LogP contribution in [0, 0.1) is 0 Å². The third-order valence-electron chi connectivity index (χ3n) is 7.03. The van der Waals surface area contributed by atoms with Crippen molar-refractivity contribution < 1.29 is 24.2 Å². The van der Waals surface area contributed by atoms with E-state index < -0.39 is 17.7 Å². The van der Waals surface area contributed by atoms with E-state index in [9.17, 15) is 14.7 Å². The smallest absolute Gasteiger partial charge is 0.410 e. The topological polar surface area (TPSA) is 104 Å². The molecule has 2 atom stereocenters. The average molecular weight is 572 g/mol. The van der Waals surface area contributed by atoms with E-state index in [1.807, 2.05) is 113 Å². The lowest BCUT2D eigenvalue weighted by Gasteiger charge is -2.32. The van der Waals surface area contributed by atoms with Crippen molar-refractivity contribution in [2.45, 2.75) is 64.8 Å². The first-order chi connectivity index (χ1) is 20.1. The van der Waals surface area contributed by atoms with Crippen molar-refractivity contribution in [1.82, 2.24) is 15.2 Å². The lowest BCUT2D eigenvalue weighted by atomic mass is 10.0. The standard InChI is InChI=1S/C34H41N3O5/c1-24(26-13-10-14-29(20-26)41-23-25-11-6-5-7-12-25)37(33(40)42-34(2,3)4)18-17-35-28(21-32(38)39)19-27-22-36-31-16-9-8-15-30(27)31/h5-16,20,22,24,28,35-36H,17-19,21,23H2,1-4H3,(H,38,39)/t24?,28-/m0/s1. The van der Waals surface area contributed by atoms with Crippen LogP contribution in [0.4, 0.5) is 4.79 Å². The van der Waals surface area contributed by atoms with Crippen LogP contribution in [-0.2, 0) is 22.6 Å². The molecular weight excluding hydrogens is 530 g/mol. The van der Waals surface area contributed by atoms with Crippen LogP contribution in [0.15, 0.2) is 85.1 Å². The van der Waals surface area contributed by atoms with Crippen LogP contribution in [0.1, 0.15) is 56.8 Å². The zero-order chi connectivity index (χ0) is 30.1. The zero-order valence-electron chi connectivity index (χ0n) is 24.8. The van der Waals surface area contributed by atoms with Gasteiger partial charge in [-0.3, -0.25) is 4.79 Å². The van der Waals surface area contributed by atoms with Crippen LogP contribution in [0.5, 0.6) is 5.75 Å². The molecule has 1 unspecified atom stereocenters. The maximum atomic E-state index is 13.4. The van der Waals surface area contributed by atoms with Gasteiger partial charge in [-0.15, -0.1) is 0 Å². The Morgan fingerprint density at radius 2 is 1.74 bits per heavy atom. The number of para-hydroxylation sites is 1. The predicted octanol–water partition coefficient (Wildman–Crippen LogP) is 6.72. The SMILES string of the molecule is CC(c1cccc(OCc2ccccc2)c1)N(CCN[C@H](CC(=O)O)Cc1c[nH]c2ccccc12)C(=O)OC(C)(C)C. The second-order valence-corrected chi connectivity index (χ2v) is 11.5. The number of carbonyl (C=O) groups is 2. The summed E-state index contributed by atoms with van der Waals surface area (Å²) >= 11 is 0. The van der Waals surface area contributed by atoms with E-state index >= 15 is 0 Å². The number of carboxylic acids is 1.